The molecule has 1 unspecified atom stereocenters. The lowest BCUT2D eigenvalue weighted by Crippen LogP contribution is -2.15. The molecule has 0 N–H and O–H groups in total. The lowest BCUT2D eigenvalue weighted by Gasteiger charge is -2.09. The van der Waals surface area contributed by atoms with E-state index in [1.165, 1.54) is 24.3 Å². The second kappa shape index (κ2) is 6.91. The maximum Gasteiger partial charge on any atom is 0.178 e. The summed E-state index contributed by atoms with van der Waals surface area (Å²) in [7, 11) is -6.74. The standard InChI is InChI=1S/C13H19ClO4S2/c1-3-8-19(15,16)12-4-6-13(7-5-12)20(17,18)10-11(2)9-14/h4-7,11H,3,8-10H2,1-2H3. The zero-order valence-electron chi connectivity index (χ0n) is 11.5. The van der Waals surface area contributed by atoms with Gasteiger partial charge in [-0.1, -0.05) is 13.8 Å². The molecule has 0 radical (unpaired) electrons. The molecule has 1 aromatic rings. The Morgan fingerprint density at radius 3 is 1.85 bits per heavy atom. The van der Waals surface area contributed by atoms with Crippen LogP contribution in [0.2, 0.25) is 0 Å². The van der Waals surface area contributed by atoms with Crippen LogP contribution >= 0.6 is 11.6 Å². The topological polar surface area (TPSA) is 68.3 Å². The van der Waals surface area contributed by atoms with Crippen LogP contribution < -0.4 is 0 Å². The van der Waals surface area contributed by atoms with Gasteiger partial charge < -0.3 is 0 Å². The van der Waals surface area contributed by atoms with E-state index >= 15 is 0 Å². The van der Waals surface area contributed by atoms with Crippen LogP contribution in [0.1, 0.15) is 20.3 Å². The predicted molar refractivity (Wildman–Crippen MR) is 80.7 cm³/mol. The van der Waals surface area contributed by atoms with Crippen molar-refractivity contribution >= 4 is 31.3 Å². The van der Waals surface area contributed by atoms with Crippen molar-refractivity contribution in [2.24, 2.45) is 5.92 Å². The Labute approximate surface area is 126 Å². The molecule has 0 fully saturated rings. The van der Waals surface area contributed by atoms with Gasteiger partial charge in [0.25, 0.3) is 0 Å². The largest absolute Gasteiger partial charge is 0.224 e. The highest BCUT2D eigenvalue weighted by Gasteiger charge is 2.19. The summed E-state index contributed by atoms with van der Waals surface area (Å²) in [6.07, 6.45) is 0.523. The smallest absolute Gasteiger partial charge is 0.178 e. The van der Waals surface area contributed by atoms with Gasteiger partial charge in [-0.25, -0.2) is 16.8 Å². The van der Waals surface area contributed by atoms with Crippen molar-refractivity contribution < 1.29 is 16.8 Å². The molecule has 0 amide bonds. The Kier molecular flexibility index (Phi) is 6.04. The first kappa shape index (κ1) is 17.5. The minimum Gasteiger partial charge on any atom is -0.224 e. The first-order valence-corrected chi connectivity index (χ1v) is 10.2. The fourth-order valence-corrected chi connectivity index (χ4v) is 4.93. The van der Waals surface area contributed by atoms with Crippen molar-refractivity contribution in [2.45, 2.75) is 30.1 Å². The maximum absolute atomic E-state index is 12.1. The molecule has 1 aromatic carbocycles. The highest BCUT2D eigenvalue weighted by Crippen LogP contribution is 2.19. The van der Waals surface area contributed by atoms with E-state index < -0.39 is 19.7 Å². The second-order valence-electron chi connectivity index (χ2n) is 4.83. The lowest BCUT2D eigenvalue weighted by molar-refractivity contribution is 0.582. The normalized spacial score (nSPS) is 14.2. The Balaban J connectivity index is 3.03. The summed E-state index contributed by atoms with van der Waals surface area (Å²) >= 11 is 5.62. The van der Waals surface area contributed by atoms with Gasteiger partial charge >= 0.3 is 0 Å². The van der Waals surface area contributed by atoms with Crippen LogP contribution in [0.4, 0.5) is 0 Å². The number of benzene rings is 1. The lowest BCUT2D eigenvalue weighted by atomic mass is 10.3. The van der Waals surface area contributed by atoms with Crippen LogP contribution in [0.5, 0.6) is 0 Å². The first-order chi connectivity index (χ1) is 9.23. The Morgan fingerprint density at radius 1 is 1.00 bits per heavy atom. The molecule has 114 valence electrons. The minimum absolute atomic E-state index is 0.0441. The van der Waals surface area contributed by atoms with Gasteiger partial charge in [-0.15, -0.1) is 11.6 Å². The van der Waals surface area contributed by atoms with E-state index in [-0.39, 0.29) is 33.1 Å². The van der Waals surface area contributed by atoms with Gasteiger partial charge in [0.15, 0.2) is 19.7 Å². The zero-order valence-corrected chi connectivity index (χ0v) is 13.9. The van der Waals surface area contributed by atoms with Crippen LogP contribution in [-0.2, 0) is 19.7 Å². The zero-order chi connectivity index (χ0) is 15.4. The molecule has 7 heteroatoms. The van der Waals surface area contributed by atoms with E-state index in [2.05, 4.69) is 0 Å². The van der Waals surface area contributed by atoms with Crippen molar-refractivity contribution in [3.8, 4) is 0 Å². The molecular formula is C13H19ClO4S2. The third kappa shape index (κ3) is 4.46. The molecule has 1 atom stereocenters. The summed E-state index contributed by atoms with van der Waals surface area (Å²) < 4.78 is 47.9. The average molecular weight is 339 g/mol. The van der Waals surface area contributed by atoms with Crippen LogP contribution in [0.3, 0.4) is 0 Å². The summed E-state index contributed by atoms with van der Waals surface area (Å²) in [4.78, 5) is 0.286. The quantitative estimate of drug-likeness (QED) is 0.716. The molecule has 0 bridgehead atoms. The van der Waals surface area contributed by atoms with E-state index in [4.69, 9.17) is 11.6 Å². The third-order valence-corrected chi connectivity index (χ3v) is 7.24. The number of sulfone groups is 2. The average Bonchev–Trinajstić information content (AvgIpc) is 2.38. The second-order valence-corrected chi connectivity index (χ2v) is 9.28. The molecule has 0 aliphatic rings. The summed E-state index contributed by atoms with van der Waals surface area (Å²) in [5.74, 6) is 0.132. The van der Waals surface area contributed by atoms with E-state index in [9.17, 15) is 16.8 Å². The number of rotatable bonds is 7. The molecule has 0 saturated heterocycles. The van der Waals surface area contributed by atoms with Gasteiger partial charge in [0, 0.05) is 5.88 Å². The van der Waals surface area contributed by atoms with Crippen LogP contribution in [-0.4, -0.2) is 34.2 Å². The van der Waals surface area contributed by atoms with Crippen molar-refractivity contribution in [1.29, 1.82) is 0 Å². The Hall–Kier alpha value is -0.590. The molecule has 20 heavy (non-hydrogen) atoms. The highest BCUT2D eigenvalue weighted by molar-refractivity contribution is 7.91. The number of hydrogen-bond acceptors (Lipinski definition) is 4. The maximum atomic E-state index is 12.1. The number of alkyl halides is 1. The highest BCUT2D eigenvalue weighted by atomic mass is 35.5. The van der Waals surface area contributed by atoms with Gasteiger partial charge in [0.05, 0.1) is 21.3 Å². The van der Waals surface area contributed by atoms with Crippen molar-refractivity contribution in [2.75, 3.05) is 17.4 Å². The number of halogens is 1. The van der Waals surface area contributed by atoms with E-state index in [1.54, 1.807) is 13.8 Å². The third-order valence-electron chi connectivity index (χ3n) is 2.78. The van der Waals surface area contributed by atoms with Crippen LogP contribution in [0.15, 0.2) is 34.1 Å². The van der Waals surface area contributed by atoms with Crippen molar-refractivity contribution in [1.82, 2.24) is 0 Å². The number of hydrogen-bond donors (Lipinski definition) is 0. The Morgan fingerprint density at radius 2 is 1.45 bits per heavy atom. The SMILES string of the molecule is CCCS(=O)(=O)c1ccc(S(=O)(=O)CC(C)CCl)cc1. The van der Waals surface area contributed by atoms with Crippen LogP contribution in [0.25, 0.3) is 0 Å². The molecule has 0 aliphatic carbocycles. The van der Waals surface area contributed by atoms with E-state index in [0.717, 1.165) is 0 Å². The summed E-state index contributed by atoms with van der Waals surface area (Å²) in [5.41, 5.74) is 0. The van der Waals surface area contributed by atoms with Crippen LogP contribution in [0, 0.1) is 5.92 Å². The van der Waals surface area contributed by atoms with E-state index in [1.807, 2.05) is 0 Å². The summed E-state index contributed by atoms with van der Waals surface area (Å²) in [5, 5.41) is 0. The van der Waals surface area contributed by atoms with Gasteiger partial charge in [-0.2, -0.15) is 0 Å². The molecular weight excluding hydrogens is 320 g/mol. The van der Waals surface area contributed by atoms with Gasteiger partial charge in [0.2, 0.25) is 0 Å². The fraction of sp³-hybridized carbons (Fsp3) is 0.538. The minimum atomic E-state index is -3.43. The predicted octanol–water partition coefficient (Wildman–Crippen LogP) is 2.52. The first-order valence-electron chi connectivity index (χ1n) is 6.34. The molecule has 0 spiro atoms. The summed E-state index contributed by atoms with van der Waals surface area (Å²) in [6, 6.07) is 5.39. The van der Waals surface area contributed by atoms with Gasteiger partial charge in [-0.3, -0.25) is 0 Å². The van der Waals surface area contributed by atoms with Crippen molar-refractivity contribution in [3.05, 3.63) is 24.3 Å². The molecule has 0 aliphatic heterocycles. The monoisotopic (exact) mass is 338 g/mol. The summed E-state index contributed by atoms with van der Waals surface area (Å²) in [6.45, 7) is 3.54. The van der Waals surface area contributed by atoms with Gasteiger partial charge in [0.1, 0.15) is 0 Å². The molecule has 1 rings (SSSR count). The Bertz CT molecular complexity index is 633. The van der Waals surface area contributed by atoms with Crippen molar-refractivity contribution in [3.63, 3.8) is 0 Å². The molecule has 0 aromatic heterocycles. The fourth-order valence-electron chi connectivity index (χ4n) is 1.76. The molecule has 0 heterocycles. The van der Waals surface area contributed by atoms with E-state index in [0.29, 0.717) is 6.42 Å². The molecule has 0 saturated carbocycles. The van der Waals surface area contributed by atoms with Gasteiger partial charge in [-0.05, 0) is 36.6 Å². The molecule has 4 nitrogen and oxygen atoms in total.